The van der Waals surface area contributed by atoms with Crippen molar-refractivity contribution in [3.05, 3.63) is 108 Å². The molecule has 1 amide bonds. The molecule has 0 aliphatic rings. The van der Waals surface area contributed by atoms with Crippen LogP contribution >= 0.6 is 0 Å². The number of nitrogens with zero attached hydrogens (tertiary/aromatic N) is 2. The number of para-hydroxylation sites is 2. The van der Waals surface area contributed by atoms with Crippen LogP contribution in [-0.4, -0.2) is 22.1 Å². The number of carbonyl (C=O) groups excluding carboxylic acids is 1. The van der Waals surface area contributed by atoms with Gasteiger partial charge in [0.25, 0.3) is 5.91 Å². The fraction of sp³-hybridized carbons (Fsp3) is 0.172. The molecule has 1 aromatic heterocycles. The summed E-state index contributed by atoms with van der Waals surface area (Å²) in [5.74, 6) is 1.57. The summed E-state index contributed by atoms with van der Waals surface area (Å²) in [7, 11) is 0. The summed E-state index contributed by atoms with van der Waals surface area (Å²) < 4.78 is 8.35. The van der Waals surface area contributed by atoms with Crippen LogP contribution in [0.4, 0.5) is 0 Å². The lowest BCUT2D eigenvalue weighted by atomic mass is 10.1. The minimum Gasteiger partial charge on any atom is -0.491 e. The highest BCUT2D eigenvalue weighted by Crippen LogP contribution is 2.26. The van der Waals surface area contributed by atoms with Gasteiger partial charge in [-0.15, -0.1) is 0 Å². The Bertz CT molecular complexity index is 1470. The van der Waals surface area contributed by atoms with E-state index in [1.165, 1.54) is 0 Å². The summed E-state index contributed by atoms with van der Waals surface area (Å²) in [5, 5.41) is 5.37. The summed E-state index contributed by atoms with van der Waals surface area (Å²) in [6, 6.07) is 29.7. The van der Waals surface area contributed by atoms with Gasteiger partial charge in [0.15, 0.2) is 0 Å². The van der Waals surface area contributed by atoms with E-state index in [-0.39, 0.29) is 11.9 Å². The molecule has 0 bridgehead atoms. The normalized spacial score (nSPS) is 12.1. The zero-order valence-corrected chi connectivity index (χ0v) is 19.4. The number of fused-ring (bicyclic) bond motifs is 2. The highest BCUT2D eigenvalue weighted by molar-refractivity contribution is 5.95. The molecular weight excluding hydrogens is 422 g/mol. The van der Waals surface area contributed by atoms with Crippen molar-refractivity contribution in [3.63, 3.8) is 0 Å². The molecule has 0 radical (unpaired) electrons. The highest BCUT2D eigenvalue weighted by atomic mass is 16.5. The van der Waals surface area contributed by atoms with Crippen molar-refractivity contribution >= 4 is 27.7 Å². The molecule has 5 nitrogen and oxygen atoms in total. The largest absolute Gasteiger partial charge is 0.491 e. The van der Waals surface area contributed by atoms with Crippen molar-refractivity contribution in [1.29, 1.82) is 0 Å². The number of amides is 1. The molecule has 0 spiro atoms. The van der Waals surface area contributed by atoms with E-state index in [0.717, 1.165) is 38.9 Å². The minimum atomic E-state index is -0.267. The summed E-state index contributed by atoms with van der Waals surface area (Å²) >= 11 is 0. The lowest BCUT2D eigenvalue weighted by Gasteiger charge is -2.17. The van der Waals surface area contributed by atoms with E-state index in [9.17, 15) is 4.79 Å². The molecule has 0 fully saturated rings. The SMILES string of the molecule is Cc1ccccc1C(=O)NC(C)c1nc2ccccc2n1CCOc1cccc2ccccc12. The molecule has 4 aromatic carbocycles. The van der Waals surface area contributed by atoms with Crippen molar-refractivity contribution in [2.24, 2.45) is 0 Å². The zero-order valence-electron chi connectivity index (χ0n) is 19.4. The first-order valence-electron chi connectivity index (χ1n) is 11.5. The average Bonchev–Trinajstić information content (AvgIpc) is 3.23. The summed E-state index contributed by atoms with van der Waals surface area (Å²) in [4.78, 5) is 17.8. The number of aryl methyl sites for hydroxylation is 1. The third-order valence-electron chi connectivity index (χ3n) is 6.13. The van der Waals surface area contributed by atoms with Crippen LogP contribution in [0.15, 0.2) is 91.0 Å². The van der Waals surface area contributed by atoms with E-state index in [1.54, 1.807) is 0 Å². The Morgan fingerprint density at radius 2 is 1.68 bits per heavy atom. The molecule has 5 aromatic rings. The van der Waals surface area contributed by atoms with Crippen LogP contribution in [0.3, 0.4) is 0 Å². The third-order valence-corrected chi connectivity index (χ3v) is 6.13. The van der Waals surface area contributed by atoms with Crippen LogP contribution in [0.2, 0.25) is 0 Å². The number of hydrogen-bond acceptors (Lipinski definition) is 3. The summed E-state index contributed by atoms with van der Waals surface area (Å²) in [6.07, 6.45) is 0. The van der Waals surface area contributed by atoms with Gasteiger partial charge >= 0.3 is 0 Å². The number of ether oxygens (including phenoxy) is 1. The standard InChI is InChI=1S/C29H27N3O2/c1-20-10-3-5-13-23(20)29(33)30-21(2)28-31-25-15-7-8-16-26(25)32(28)18-19-34-27-17-9-12-22-11-4-6-14-24(22)27/h3-17,21H,18-19H2,1-2H3,(H,30,33). The first-order valence-corrected chi connectivity index (χ1v) is 11.5. The minimum absolute atomic E-state index is 0.101. The predicted molar refractivity (Wildman–Crippen MR) is 136 cm³/mol. The van der Waals surface area contributed by atoms with Gasteiger partial charge in [-0.1, -0.05) is 66.7 Å². The van der Waals surface area contributed by atoms with Crippen LogP contribution in [-0.2, 0) is 6.54 Å². The molecule has 170 valence electrons. The maximum Gasteiger partial charge on any atom is 0.252 e. The first kappa shape index (κ1) is 21.7. The monoisotopic (exact) mass is 449 g/mol. The van der Waals surface area contributed by atoms with Gasteiger partial charge in [-0.2, -0.15) is 0 Å². The fourth-order valence-electron chi connectivity index (χ4n) is 4.39. The average molecular weight is 450 g/mol. The van der Waals surface area contributed by atoms with Gasteiger partial charge in [-0.25, -0.2) is 4.98 Å². The maximum atomic E-state index is 12.9. The van der Waals surface area contributed by atoms with E-state index in [0.29, 0.717) is 18.7 Å². The summed E-state index contributed by atoms with van der Waals surface area (Å²) in [6.45, 7) is 5.02. The molecule has 0 aliphatic heterocycles. The molecule has 0 aliphatic carbocycles. The van der Waals surface area contributed by atoms with Gasteiger partial charge in [-0.3, -0.25) is 4.79 Å². The van der Waals surface area contributed by atoms with Crippen LogP contribution < -0.4 is 10.1 Å². The van der Waals surface area contributed by atoms with Crippen molar-refractivity contribution in [1.82, 2.24) is 14.9 Å². The Kier molecular flexibility index (Phi) is 6.00. The van der Waals surface area contributed by atoms with Crippen LogP contribution in [0, 0.1) is 6.92 Å². The fourth-order valence-corrected chi connectivity index (χ4v) is 4.39. The lowest BCUT2D eigenvalue weighted by Crippen LogP contribution is -2.29. The number of rotatable bonds is 7. The van der Waals surface area contributed by atoms with Gasteiger partial charge in [0.1, 0.15) is 18.2 Å². The molecule has 34 heavy (non-hydrogen) atoms. The molecule has 1 N–H and O–H groups in total. The number of imidazole rings is 1. The summed E-state index contributed by atoms with van der Waals surface area (Å²) in [5.41, 5.74) is 3.55. The third kappa shape index (κ3) is 4.25. The van der Waals surface area contributed by atoms with Gasteiger partial charge in [0.05, 0.1) is 23.6 Å². The topological polar surface area (TPSA) is 56.2 Å². The number of benzene rings is 4. The lowest BCUT2D eigenvalue weighted by molar-refractivity contribution is 0.0937. The molecular formula is C29H27N3O2. The maximum absolute atomic E-state index is 12.9. The zero-order chi connectivity index (χ0) is 23.5. The van der Waals surface area contributed by atoms with Gasteiger partial charge in [0.2, 0.25) is 0 Å². The quantitative estimate of drug-likeness (QED) is 0.328. The van der Waals surface area contributed by atoms with Crippen molar-refractivity contribution in [2.45, 2.75) is 26.4 Å². The van der Waals surface area contributed by atoms with E-state index in [4.69, 9.17) is 9.72 Å². The van der Waals surface area contributed by atoms with Crippen LogP contribution in [0.1, 0.15) is 34.7 Å². The van der Waals surface area contributed by atoms with Crippen molar-refractivity contribution < 1.29 is 9.53 Å². The van der Waals surface area contributed by atoms with Crippen LogP contribution in [0.5, 0.6) is 5.75 Å². The van der Waals surface area contributed by atoms with E-state index in [2.05, 4.69) is 34.1 Å². The Hall–Kier alpha value is -4.12. The Labute approximate surface area is 199 Å². The Morgan fingerprint density at radius 3 is 2.56 bits per heavy atom. The Balaban J connectivity index is 1.38. The van der Waals surface area contributed by atoms with Crippen molar-refractivity contribution in [2.75, 3.05) is 6.61 Å². The van der Waals surface area contributed by atoms with E-state index < -0.39 is 0 Å². The second-order valence-electron chi connectivity index (χ2n) is 8.45. The molecule has 0 saturated carbocycles. The van der Waals surface area contributed by atoms with E-state index >= 15 is 0 Å². The molecule has 1 unspecified atom stereocenters. The Morgan fingerprint density at radius 1 is 0.941 bits per heavy atom. The second-order valence-corrected chi connectivity index (χ2v) is 8.45. The van der Waals surface area contributed by atoms with E-state index in [1.807, 2.05) is 80.6 Å². The second kappa shape index (κ2) is 9.40. The molecule has 0 saturated heterocycles. The van der Waals surface area contributed by atoms with Crippen LogP contribution in [0.25, 0.3) is 21.8 Å². The molecule has 5 heteroatoms. The van der Waals surface area contributed by atoms with Gasteiger partial charge in [0, 0.05) is 10.9 Å². The molecule has 1 atom stereocenters. The first-order chi connectivity index (χ1) is 16.6. The number of nitrogens with one attached hydrogen (secondary N) is 1. The van der Waals surface area contributed by atoms with Gasteiger partial charge in [-0.05, 0) is 49.1 Å². The number of carbonyl (C=O) groups is 1. The molecule has 5 rings (SSSR count). The van der Waals surface area contributed by atoms with Crippen molar-refractivity contribution in [3.8, 4) is 5.75 Å². The molecule has 1 heterocycles. The number of hydrogen-bond donors (Lipinski definition) is 1. The number of aromatic nitrogens is 2. The van der Waals surface area contributed by atoms with Gasteiger partial charge < -0.3 is 14.6 Å². The highest BCUT2D eigenvalue weighted by Gasteiger charge is 2.20. The predicted octanol–water partition coefficient (Wildman–Crippen LogP) is 6.07. The smallest absolute Gasteiger partial charge is 0.252 e.